The number of halogens is 1. The molecule has 0 amide bonds. The lowest BCUT2D eigenvalue weighted by Gasteiger charge is -2.12. The average Bonchev–Trinajstić information content (AvgIpc) is 2.59. The molecule has 0 radical (unpaired) electrons. The SMILES string of the molecule is COc1ccc(C=C(C#N)C(=O)O)c(OCc2ccccc2Cl)c1. The van der Waals surface area contributed by atoms with Gasteiger partial charge in [-0.1, -0.05) is 29.8 Å². The minimum Gasteiger partial charge on any atom is -0.497 e. The van der Waals surface area contributed by atoms with Crippen LogP contribution in [-0.2, 0) is 11.4 Å². The number of benzene rings is 2. The summed E-state index contributed by atoms with van der Waals surface area (Å²) in [6, 6.07) is 13.8. The number of rotatable bonds is 6. The third kappa shape index (κ3) is 4.28. The van der Waals surface area contributed by atoms with Crippen molar-refractivity contribution in [1.29, 1.82) is 5.26 Å². The van der Waals surface area contributed by atoms with Crippen LogP contribution in [0.4, 0.5) is 0 Å². The molecular formula is C18H14ClNO4. The highest BCUT2D eigenvalue weighted by Gasteiger charge is 2.11. The normalized spacial score (nSPS) is 10.8. The molecule has 5 nitrogen and oxygen atoms in total. The Kier molecular flexibility index (Phi) is 5.83. The van der Waals surface area contributed by atoms with E-state index in [1.165, 1.54) is 13.2 Å². The number of aliphatic carboxylic acids is 1. The van der Waals surface area contributed by atoms with Gasteiger partial charge in [0.2, 0.25) is 0 Å². The molecule has 0 atom stereocenters. The predicted octanol–water partition coefficient (Wildman–Crippen LogP) is 3.92. The second-order valence-electron chi connectivity index (χ2n) is 4.76. The summed E-state index contributed by atoms with van der Waals surface area (Å²) >= 11 is 6.10. The van der Waals surface area contributed by atoms with Gasteiger partial charge in [0.25, 0.3) is 0 Å². The van der Waals surface area contributed by atoms with Crippen LogP contribution in [-0.4, -0.2) is 18.2 Å². The van der Waals surface area contributed by atoms with Crippen LogP contribution < -0.4 is 9.47 Å². The Balaban J connectivity index is 2.35. The van der Waals surface area contributed by atoms with E-state index in [0.29, 0.717) is 22.1 Å². The summed E-state index contributed by atoms with van der Waals surface area (Å²) in [6.45, 7) is 0.197. The molecule has 0 fully saturated rings. The van der Waals surface area contributed by atoms with Crippen molar-refractivity contribution in [2.75, 3.05) is 7.11 Å². The first kappa shape index (κ1) is 17.4. The lowest BCUT2D eigenvalue weighted by Crippen LogP contribution is -2.00. The Labute approximate surface area is 144 Å². The van der Waals surface area contributed by atoms with E-state index in [0.717, 1.165) is 5.56 Å². The van der Waals surface area contributed by atoms with Crippen LogP contribution in [0.2, 0.25) is 5.02 Å². The summed E-state index contributed by atoms with van der Waals surface area (Å²) in [5.74, 6) is -0.358. The molecule has 0 unspecified atom stereocenters. The lowest BCUT2D eigenvalue weighted by atomic mass is 10.1. The molecule has 0 aliphatic heterocycles. The smallest absolute Gasteiger partial charge is 0.346 e. The molecule has 0 aliphatic rings. The monoisotopic (exact) mass is 343 g/mol. The fourth-order valence-electron chi connectivity index (χ4n) is 1.95. The molecule has 2 aromatic carbocycles. The number of hydrogen-bond donors (Lipinski definition) is 1. The first-order valence-corrected chi connectivity index (χ1v) is 7.32. The maximum absolute atomic E-state index is 11.0. The molecule has 1 N–H and O–H groups in total. The maximum atomic E-state index is 11.0. The average molecular weight is 344 g/mol. The van der Waals surface area contributed by atoms with Crippen LogP contribution in [0.25, 0.3) is 6.08 Å². The van der Waals surface area contributed by atoms with E-state index < -0.39 is 5.97 Å². The van der Waals surface area contributed by atoms with Crippen molar-refractivity contribution in [3.8, 4) is 17.6 Å². The maximum Gasteiger partial charge on any atom is 0.346 e. The number of nitriles is 1. The molecule has 0 heterocycles. The van der Waals surface area contributed by atoms with E-state index >= 15 is 0 Å². The highest BCUT2D eigenvalue weighted by atomic mass is 35.5. The van der Waals surface area contributed by atoms with Gasteiger partial charge in [0.15, 0.2) is 0 Å². The van der Waals surface area contributed by atoms with Gasteiger partial charge in [-0.05, 0) is 24.3 Å². The van der Waals surface area contributed by atoms with E-state index in [4.69, 9.17) is 31.4 Å². The van der Waals surface area contributed by atoms with Gasteiger partial charge < -0.3 is 14.6 Å². The molecule has 0 aliphatic carbocycles. The van der Waals surface area contributed by atoms with Crippen molar-refractivity contribution >= 4 is 23.6 Å². The van der Waals surface area contributed by atoms with E-state index in [9.17, 15) is 4.79 Å². The number of hydrogen-bond acceptors (Lipinski definition) is 4. The first-order valence-electron chi connectivity index (χ1n) is 6.94. The largest absolute Gasteiger partial charge is 0.497 e. The molecular weight excluding hydrogens is 330 g/mol. The van der Waals surface area contributed by atoms with Crippen molar-refractivity contribution in [1.82, 2.24) is 0 Å². The van der Waals surface area contributed by atoms with Crippen LogP contribution in [0, 0.1) is 11.3 Å². The topological polar surface area (TPSA) is 79.5 Å². The van der Waals surface area contributed by atoms with Crippen molar-refractivity contribution in [2.45, 2.75) is 6.61 Å². The molecule has 24 heavy (non-hydrogen) atoms. The predicted molar refractivity (Wildman–Crippen MR) is 90.0 cm³/mol. The summed E-state index contributed by atoms with van der Waals surface area (Å²) in [6.07, 6.45) is 1.25. The fraction of sp³-hybridized carbons (Fsp3) is 0.111. The number of carboxylic acid groups (broad SMARTS) is 1. The number of nitrogens with zero attached hydrogens (tertiary/aromatic N) is 1. The number of carbonyl (C=O) groups is 1. The van der Waals surface area contributed by atoms with Crippen LogP contribution in [0.5, 0.6) is 11.5 Å². The van der Waals surface area contributed by atoms with Gasteiger partial charge in [-0.3, -0.25) is 0 Å². The fourth-order valence-corrected chi connectivity index (χ4v) is 2.14. The van der Waals surface area contributed by atoms with Gasteiger partial charge in [-0.2, -0.15) is 5.26 Å². The first-order chi connectivity index (χ1) is 11.5. The van der Waals surface area contributed by atoms with Crippen LogP contribution in [0.3, 0.4) is 0 Å². The summed E-state index contributed by atoms with van der Waals surface area (Å²) in [4.78, 5) is 11.0. The summed E-state index contributed by atoms with van der Waals surface area (Å²) in [7, 11) is 1.51. The second kappa shape index (κ2) is 8.04. The van der Waals surface area contributed by atoms with Crippen LogP contribution in [0.15, 0.2) is 48.0 Å². The summed E-state index contributed by atoms with van der Waals surface area (Å²) in [5.41, 5.74) is 0.861. The van der Waals surface area contributed by atoms with Crippen LogP contribution >= 0.6 is 11.6 Å². The summed E-state index contributed by atoms with van der Waals surface area (Å²) in [5, 5.41) is 18.5. The van der Waals surface area contributed by atoms with Crippen molar-refractivity contribution in [3.63, 3.8) is 0 Å². The molecule has 0 bridgehead atoms. The third-order valence-corrected chi connectivity index (χ3v) is 3.58. The molecule has 2 rings (SSSR count). The Morgan fingerprint density at radius 3 is 2.71 bits per heavy atom. The second-order valence-corrected chi connectivity index (χ2v) is 5.17. The molecule has 0 spiro atoms. The quantitative estimate of drug-likeness (QED) is 0.635. The Morgan fingerprint density at radius 1 is 1.33 bits per heavy atom. The highest BCUT2D eigenvalue weighted by Crippen LogP contribution is 2.28. The standard InChI is InChI=1S/C18H14ClNO4/c1-23-15-7-6-12(8-14(10-20)18(21)22)17(9-15)24-11-13-4-2-3-5-16(13)19/h2-9H,11H2,1H3,(H,21,22). The Morgan fingerprint density at radius 2 is 2.08 bits per heavy atom. The van der Waals surface area contributed by atoms with Gasteiger partial charge >= 0.3 is 5.97 Å². The zero-order valence-electron chi connectivity index (χ0n) is 12.8. The minimum absolute atomic E-state index is 0.197. The van der Waals surface area contributed by atoms with E-state index in [2.05, 4.69) is 0 Å². The van der Waals surface area contributed by atoms with Gasteiger partial charge in [-0.15, -0.1) is 0 Å². The summed E-state index contributed by atoms with van der Waals surface area (Å²) < 4.78 is 10.9. The van der Waals surface area contributed by atoms with Crippen molar-refractivity contribution < 1.29 is 19.4 Å². The molecule has 6 heteroatoms. The Hall–Kier alpha value is -2.97. The zero-order chi connectivity index (χ0) is 17.5. The van der Waals surface area contributed by atoms with Crippen molar-refractivity contribution in [2.24, 2.45) is 0 Å². The lowest BCUT2D eigenvalue weighted by molar-refractivity contribution is -0.132. The van der Waals surface area contributed by atoms with Gasteiger partial charge in [-0.25, -0.2) is 4.79 Å². The molecule has 122 valence electrons. The van der Waals surface area contributed by atoms with Crippen LogP contribution in [0.1, 0.15) is 11.1 Å². The zero-order valence-corrected chi connectivity index (χ0v) is 13.6. The number of ether oxygens (including phenoxy) is 2. The number of methoxy groups -OCH3 is 1. The minimum atomic E-state index is -1.30. The molecule has 0 aromatic heterocycles. The van der Waals surface area contributed by atoms with E-state index in [-0.39, 0.29) is 12.2 Å². The van der Waals surface area contributed by atoms with E-state index in [1.54, 1.807) is 30.3 Å². The van der Waals surface area contributed by atoms with Gasteiger partial charge in [0, 0.05) is 22.2 Å². The number of carboxylic acids is 1. The highest BCUT2D eigenvalue weighted by molar-refractivity contribution is 6.31. The van der Waals surface area contributed by atoms with E-state index in [1.807, 2.05) is 18.2 Å². The van der Waals surface area contributed by atoms with Crippen molar-refractivity contribution in [3.05, 3.63) is 64.2 Å². The molecule has 2 aromatic rings. The van der Waals surface area contributed by atoms with Gasteiger partial charge in [0.05, 0.1) is 7.11 Å². The molecule has 0 saturated heterocycles. The molecule has 0 saturated carbocycles. The Bertz CT molecular complexity index is 824. The van der Waals surface area contributed by atoms with Gasteiger partial charge in [0.1, 0.15) is 29.7 Å². The third-order valence-electron chi connectivity index (χ3n) is 3.21.